The molecular weight excluding hydrogens is 282 g/mol. The van der Waals surface area contributed by atoms with Crippen molar-refractivity contribution in [1.82, 2.24) is 19.2 Å². The first-order valence-corrected chi connectivity index (χ1v) is 6.77. The first-order chi connectivity index (χ1) is 10.5. The fraction of sp³-hybridized carbons (Fsp3) is 0.200. The Morgan fingerprint density at radius 2 is 1.91 bits per heavy atom. The number of hydrogen-bond donors (Lipinski definition) is 1. The molecule has 3 rings (SSSR count). The van der Waals surface area contributed by atoms with Crippen LogP contribution < -0.4 is 10.9 Å². The van der Waals surface area contributed by atoms with E-state index in [4.69, 9.17) is 0 Å². The van der Waals surface area contributed by atoms with Crippen LogP contribution in [0.3, 0.4) is 0 Å². The van der Waals surface area contributed by atoms with E-state index in [-0.39, 0.29) is 11.5 Å². The first-order valence-electron chi connectivity index (χ1n) is 6.77. The first kappa shape index (κ1) is 14.0. The largest absolute Gasteiger partial charge is 0.305 e. The van der Waals surface area contributed by atoms with Crippen LogP contribution in [0, 0.1) is 13.8 Å². The van der Waals surface area contributed by atoms with E-state index in [1.165, 1.54) is 15.3 Å². The molecule has 1 amide bonds. The lowest BCUT2D eigenvalue weighted by molar-refractivity contribution is 0.101. The van der Waals surface area contributed by atoms with Gasteiger partial charge in [0, 0.05) is 30.6 Å². The van der Waals surface area contributed by atoms with Crippen molar-refractivity contribution < 1.29 is 4.79 Å². The van der Waals surface area contributed by atoms with Crippen molar-refractivity contribution in [2.24, 2.45) is 7.05 Å². The molecule has 112 valence electrons. The van der Waals surface area contributed by atoms with Gasteiger partial charge < -0.3 is 5.32 Å². The summed E-state index contributed by atoms with van der Waals surface area (Å²) in [6.07, 6.45) is 0. The van der Waals surface area contributed by atoms with Crippen molar-refractivity contribution >= 4 is 17.4 Å². The normalized spacial score (nSPS) is 10.9. The molecule has 0 bridgehead atoms. The number of amides is 1. The van der Waals surface area contributed by atoms with Gasteiger partial charge in [0.2, 0.25) is 0 Å². The van der Waals surface area contributed by atoms with Gasteiger partial charge in [0.05, 0.1) is 0 Å². The van der Waals surface area contributed by atoms with E-state index in [0.29, 0.717) is 22.9 Å². The van der Waals surface area contributed by atoms with Gasteiger partial charge in [-0.15, -0.1) is 0 Å². The molecule has 0 aliphatic heterocycles. The molecular formula is C15H15N5O2. The minimum Gasteiger partial charge on any atom is -0.305 e. The molecule has 22 heavy (non-hydrogen) atoms. The molecule has 7 nitrogen and oxygen atoms in total. The topological polar surface area (TPSA) is 81.3 Å². The maximum atomic E-state index is 12.4. The molecule has 1 N–H and O–H groups in total. The zero-order valence-electron chi connectivity index (χ0n) is 12.5. The van der Waals surface area contributed by atoms with Crippen LogP contribution in [0.5, 0.6) is 0 Å². The molecule has 3 aromatic heterocycles. The predicted molar refractivity (Wildman–Crippen MR) is 82.1 cm³/mol. The molecule has 0 atom stereocenters. The van der Waals surface area contributed by atoms with Gasteiger partial charge in [-0.25, -0.2) is 9.97 Å². The van der Waals surface area contributed by atoms with Gasteiger partial charge in [0.25, 0.3) is 11.5 Å². The highest BCUT2D eigenvalue weighted by atomic mass is 16.2. The summed E-state index contributed by atoms with van der Waals surface area (Å²) in [4.78, 5) is 32.9. The highest BCUT2D eigenvalue weighted by Gasteiger charge is 2.16. The summed E-state index contributed by atoms with van der Waals surface area (Å²) >= 11 is 0. The third-order valence-electron chi connectivity index (χ3n) is 3.33. The van der Waals surface area contributed by atoms with Crippen LogP contribution in [0.2, 0.25) is 0 Å². The van der Waals surface area contributed by atoms with Crippen molar-refractivity contribution in [2.45, 2.75) is 13.8 Å². The molecule has 0 unspecified atom stereocenters. The van der Waals surface area contributed by atoms with Gasteiger partial charge >= 0.3 is 0 Å². The average molecular weight is 297 g/mol. The van der Waals surface area contributed by atoms with Crippen LogP contribution in [0.25, 0.3) is 5.65 Å². The summed E-state index contributed by atoms with van der Waals surface area (Å²) in [5, 5.41) is 2.72. The van der Waals surface area contributed by atoms with Gasteiger partial charge in [0.15, 0.2) is 5.65 Å². The summed E-state index contributed by atoms with van der Waals surface area (Å²) in [7, 11) is 1.64. The lowest BCUT2D eigenvalue weighted by atomic mass is 10.3. The fourth-order valence-corrected chi connectivity index (χ4v) is 2.34. The Balaban J connectivity index is 2.03. The van der Waals surface area contributed by atoms with E-state index in [1.54, 1.807) is 26.1 Å². The highest BCUT2D eigenvalue weighted by Crippen LogP contribution is 2.10. The minimum absolute atomic E-state index is 0.224. The summed E-state index contributed by atoms with van der Waals surface area (Å²) in [5.74, 6) is 0.120. The zero-order valence-corrected chi connectivity index (χ0v) is 12.5. The maximum Gasteiger partial charge on any atom is 0.275 e. The number of aryl methyl sites for hydroxylation is 3. The number of rotatable bonds is 2. The molecule has 3 heterocycles. The Morgan fingerprint density at radius 1 is 1.14 bits per heavy atom. The van der Waals surface area contributed by atoms with Gasteiger partial charge in [-0.05, 0) is 26.0 Å². The molecule has 0 saturated heterocycles. The van der Waals surface area contributed by atoms with Gasteiger partial charge in [-0.2, -0.15) is 4.52 Å². The molecule has 3 aromatic rings. The molecule has 0 saturated carbocycles. The second-order valence-electron chi connectivity index (χ2n) is 5.08. The van der Waals surface area contributed by atoms with E-state index >= 15 is 0 Å². The number of aromatic nitrogens is 4. The van der Waals surface area contributed by atoms with E-state index in [0.717, 1.165) is 5.69 Å². The lowest BCUT2D eigenvalue weighted by Gasteiger charge is -2.06. The van der Waals surface area contributed by atoms with E-state index < -0.39 is 0 Å². The Kier molecular flexibility index (Phi) is 3.25. The smallest absolute Gasteiger partial charge is 0.275 e. The van der Waals surface area contributed by atoms with Gasteiger partial charge in [-0.3, -0.25) is 14.3 Å². The Labute approximate surface area is 126 Å². The SMILES string of the molecule is Cc1cccc(NC(=O)c2cc3nc(C)cc(=O)n3n2C)n1. The third-order valence-corrected chi connectivity index (χ3v) is 3.33. The fourth-order valence-electron chi connectivity index (χ4n) is 2.34. The number of anilines is 1. The monoisotopic (exact) mass is 297 g/mol. The van der Waals surface area contributed by atoms with Crippen molar-refractivity contribution in [1.29, 1.82) is 0 Å². The highest BCUT2D eigenvalue weighted by molar-refractivity contribution is 6.03. The summed E-state index contributed by atoms with van der Waals surface area (Å²) < 4.78 is 2.83. The van der Waals surface area contributed by atoms with E-state index in [2.05, 4.69) is 15.3 Å². The molecule has 7 heteroatoms. The lowest BCUT2D eigenvalue weighted by Crippen LogP contribution is -2.23. The molecule has 0 spiro atoms. The average Bonchev–Trinajstić information content (AvgIpc) is 2.76. The minimum atomic E-state index is -0.344. The number of carbonyl (C=O) groups is 1. The molecule has 0 radical (unpaired) electrons. The van der Waals surface area contributed by atoms with Crippen LogP contribution in [0.1, 0.15) is 21.9 Å². The quantitative estimate of drug-likeness (QED) is 0.773. The standard InChI is InChI=1S/C15H15N5O2/c1-9-5-4-6-12(16-9)18-15(22)11-8-13-17-10(2)7-14(21)20(13)19(11)3/h4-8H,1-3H3,(H,16,18,22). The van der Waals surface area contributed by atoms with Crippen LogP contribution in [-0.2, 0) is 7.05 Å². The van der Waals surface area contributed by atoms with Gasteiger partial charge in [0.1, 0.15) is 11.5 Å². The van der Waals surface area contributed by atoms with Crippen molar-refractivity contribution in [2.75, 3.05) is 5.32 Å². The number of fused-ring (bicyclic) bond motifs is 1. The van der Waals surface area contributed by atoms with Crippen LogP contribution >= 0.6 is 0 Å². The Morgan fingerprint density at radius 3 is 2.64 bits per heavy atom. The summed E-state index contributed by atoms with van der Waals surface area (Å²) in [6.45, 7) is 3.59. The summed E-state index contributed by atoms with van der Waals surface area (Å²) in [5.41, 5.74) is 1.97. The zero-order chi connectivity index (χ0) is 15.9. The second kappa shape index (κ2) is 5.10. The van der Waals surface area contributed by atoms with E-state index in [9.17, 15) is 9.59 Å². The molecule has 0 fully saturated rings. The Hall–Kier alpha value is -2.96. The van der Waals surface area contributed by atoms with Crippen LogP contribution in [-0.4, -0.2) is 25.1 Å². The van der Waals surface area contributed by atoms with Crippen molar-refractivity contribution in [3.8, 4) is 0 Å². The molecule has 0 aliphatic carbocycles. The number of pyridine rings is 1. The summed E-state index contributed by atoms with van der Waals surface area (Å²) in [6, 6.07) is 8.38. The van der Waals surface area contributed by atoms with Crippen molar-refractivity contribution in [3.63, 3.8) is 0 Å². The second-order valence-corrected chi connectivity index (χ2v) is 5.08. The number of hydrogen-bond acceptors (Lipinski definition) is 4. The van der Waals surface area contributed by atoms with Crippen LogP contribution in [0.15, 0.2) is 35.1 Å². The Bertz CT molecular complexity index is 939. The molecule has 0 aliphatic rings. The predicted octanol–water partition coefficient (Wildman–Crippen LogP) is 1.30. The van der Waals surface area contributed by atoms with Crippen molar-refractivity contribution in [3.05, 3.63) is 57.8 Å². The van der Waals surface area contributed by atoms with Crippen LogP contribution in [0.4, 0.5) is 5.82 Å². The number of carbonyl (C=O) groups excluding carboxylic acids is 1. The maximum absolute atomic E-state index is 12.4. The van der Waals surface area contributed by atoms with Gasteiger partial charge in [-0.1, -0.05) is 6.07 Å². The molecule has 0 aromatic carbocycles. The third kappa shape index (κ3) is 2.37. The number of nitrogens with zero attached hydrogens (tertiary/aromatic N) is 4. The van der Waals surface area contributed by atoms with E-state index in [1.807, 2.05) is 19.1 Å². The number of nitrogens with one attached hydrogen (secondary N) is 1.